The van der Waals surface area contributed by atoms with E-state index in [0.29, 0.717) is 6.42 Å². The largest absolute Gasteiger partial charge is 0.396 e. The summed E-state index contributed by atoms with van der Waals surface area (Å²) in [4.78, 5) is 23.4. The molecule has 0 bridgehead atoms. The lowest BCUT2D eigenvalue weighted by molar-refractivity contribution is -0.134. The summed E-state index contributed by atoms with van der Waals surface area (Å²) in [6.45, 7) is 0.0698. The zero-order valence-electron chi connectivity index (χ0n) is 8.04. The molecule has 2 N–H and O–H groups in total. The van der Waals surface area contributed by atoms with Crippen LogP contribution in [0, 0.1) is 0 Å². The van der Waals surface area contributed by atoms with Crippen molar-refractivity contribution in [2.45, 2.75) is 12.8 Å². The van der Waals surface area contributed by atoms with Crippen LogP contribution in [0.1, 0.15) is 12.8 Å². The van der Waals surface area contributed by atoms with Gasteiger partial charge in [0.2, 0.25) is 11.8 Å². The lowest BCUT2D eigenvalue weighted by atomic mass is 10.3. The predicted octanol–water partition coefficient (Wildman–Crippen LogP) is -1.04. The fraction of sp³-hybridized carbons (Fsp3) is 0.750. The summed E-state index contributed by atoms with van der Waals surface area (Å²) in [6.07, 6.45) is 0.723. The number of rotatable bonds is 5. The molecule has 0 rings (SSSR count). The van der Waals surface area contributed by atoms with Gasteiger partial charge in [-0.25, -0.2) is 0 Å². The third kappa shape index (κ3) is 5.19. The molecule has 0 heterocycles. The highest BCUT2D eigenvalue weighted by molar-refractivity contribution is 5.84. The van der Waals surface area contributed by atoms with Crippen molar-refractivity contribution in [2.75, 3.05) is 27.2 Å². The van der Waals surface area contributed by atoms with Crippen LogP contribution in [-0.4, -0.2) is 49.1 Å². The molecule has 0 aliphatic rings. The number of aliphatic hydroxyl groups is 1. The predicted molar refractivity (Wildman–Crippen MR) is 48.0 cm³/mol. The Hall–Kier alpha value is -1.10. The molecular weight excluding hydrogens is 172 g/mol. The molecule has 0 aliphatic carbocycles. The van der Waals surface area contributed by atoms with Gasteiger partial charge in [0.25, 0.3) is 0 Å². The van der Waals surface area contributed by atoms with E-state index in [1.807, 2.05) is 0 Å². The van der Waals surface area contributed by atoms with Crippen LogP contribution in [0.25, 0.3) is 0 Å². The molecule has 5 heteroatoms. The highest BCUT2D eigenvalue weighted by Crippen LogP contribution is 1.94. The lowest BCUT2D eigenvalue weighted by Gasteiger charge is -2.15. The van der Waals surface area contributed by atoms with Crippen molar-refractivity contribution in [3.8, 4) is 0 Å². The van der Waals surface area contributed by atoms with Crippen LogP contribution in [0.2, 0.25) is 0 Å². The van der Waals surface area contributed by atoms with Crippen molar-refractivity contribution in [2.24, 2.45) is 0 Å². The van der Waals surface area contributed by atoms with Crippen molar-refractivity contribution in [1.29, 1.82) is 0 Å². The third-order valence-corrected chi connectivity index (χ3v) is 1.63. The van der Waals surface area contributed by atoms with Crippen LogP contribution in [-0.2, 0) is 9.59 Å². The van der Waals surface area contributed by atoms with Crippen LogP contribution in [0.3, 0.4) is 0 Å². The van der Waals surface area contributed by atoms with Gasteiger partial charge in [0.1, 0.15) is 0 Å². The van der Waals surface area contributed by atoms with Crippen molar-refractivity contribution in [1.82, 2.24) is 10.2 Å². The smallest absolute Gasteiger partial charge is 0.239 e. The number of carbonyl (C=O) groups is 2. The molecule has 0 aromatic rings. The summed E-state index contributed by atoms with van der Waals surface area (Å²) in [5, 5.41) is 10.9. The molecule has 13 heavy (non-hydrogen) atoms. The van der Waals surface area contributed by atoms with E-state index in [9.17, 15) is 9.59 Å². The molecule has 0 fully saturated rings. The Balaban J connectivity index is 3.75. The molecule has 2 amide bonds. The van der Waals surface area contributed by atoms with Gasteiger partial charge < -0.3 is 15.3 Å². The molecule has 0 aromatic carbocycles. The van der Waals surface area contributed by atoms with Gasteiger partial charge in [-0.15, -0.1) is 0 Å². The summed E-state index contributed by atoms with van der Waals surface area (Å²) < 4.78 is 0. The van der Waals surface area contributed by atoms with Gasteiger partial charge in [0.15, 0.2) is 0 Å². The minimum Gasteiger partial charge on any atom is -0.396 e. The van der Waals surface area contributed by atoms with E-state index in [4.69, 9.17) is 5.11 Å². The molecule has 0 saturated heterocycles. The molecule has 0 atom stereocenters. The van der Waals surface area contributed by atoms with Crippen LogP contribution in [0.15, 0.2) is 0 Å². The SMILES string of the molecule is CNC(=O)CN(C)C(=O)CCCO. The Morgan fingerprint density at radius 3 is 2.54 bits per heavy atom. The summed E-state index contributed by atoms with van der Waals surface area (Å²) >= 11 is 0. The van der Waals surface area contributed by atoms with E-state index in [1.165, 1.54) is 11.9 Å². The number of nitrogens with one attached hydrogen (secondary N) is 1. The first-order valence-electron chi connectivity index (χ1n) is 4.17. The van der Waals surface area contributed by atoms with Gasteiger partial charge in [0, 0.05) is 27.1 Å². The maximum Gasteiger partial charge on any atom is 0.239 e. The second kappa shape index (κ2) is 6.42. The highest BCUT2D eigenvalue weighted by Gasteiger charge is 2.10. The zero-order valence-corrected chi connectivity index (χ0v) is 8.04. The minimum atomic E-state index is -0.195. The Bertz CT molecular complexity index is 182. The Kier molecular flexibility index (Phi) is 5.88. The fourth-order valence-corrected chi connectivity index (χ4v) is 0.804. The fourth-order valence-electron chi connectivity index (χ4n) is 0.804. The number of aliphatic hydroxyl groups excluding tert-OH is 1. The van der Waals surface area contributed by atoms with Crippen molar-refractivity contribution in [3.05, 3.63) is 0 Å². The van der Waals surface area contributed by atoms with Crippen LogP contribution in [0.4, 0.5) is 0 Å². The molecule has 76 valence electrons. The zero-order chi connectivity index (χ0) is 10.3. The first-order valence-corrected chi connectivity index (χ1v) is 4.17. The van der Waals surface area contributed by atoms with E-state index in [0.717, 1.165) is 0 Å². The topological polar surface area (TPSA) is 69.6 Å². The maximum atomic E-state index is 11.2. The number of hydrogen-bond acceptors (Lipinski definition) is 3. The minimum absolute atomic E-state index is 0.000442. The van der Waals surface area contributed by atoms with Gasteiger partial charge >= 0.3 is 0 Å². The van der Waals surface area contributed by atoms with Crippen LogP contribution in [0.5, 0.6) is 0 Å². The standard InChI is InChI=1S/C8H16N2O3/c1-9-7(12)6-10(2)8(13)4-3-5-11/h11H,3-6H2,1-2H3,(H,9,12). The van der Waals surface area contributed by atoms with Crippen molar-refractivity contribution >= 4 is 11.8 Å². The first-order chi connectivity index (χ1) is 6.11. The summed E-state index contributed by atoms with van der Waals surface area (Å²) in [5.41, 5.74) is 0. The second-order valence-corrected chi connectivity index (χ2v) is 2.75. The van der Waals surface area contributed by atoms with Gasteiger partial charge in [-0.2, -0.15) is 0 Å². The Morgan fingerprint density at radius 1 is 1.46 bits per heavy atom. The quantitative estimate of drug-likeness (QED) is 0.579. The van der Waals surface area contributed by atoms with E-state index in [2.05, 4.69) is 5.32 Å². The maximum absolute atomic E-state index is 11.2. The van der Waals surface area contributed by atoms with Gasteiger partial charge in [-0.1, -0.05) is 0 Å². The number of nitrogens with zero attached hydrogens (tertiary/aromatic N) is 1. The second-order valence-electron chi connectivity index (χ2n) is 2.75. The molecule has 0 unspecified atom stereocenters. The van der Waals surface area contributed by atoms with E-state index in [1.54, 1.807) is 7.05 Å². The Morgan fingerprint density at radius 2 is 2.08 bits per heavy atom. The number of hydrogen-bond donors (Lipinski definition) is 2. The van der Waals surface area contributed by atoms with Gasteiger partial charge in [-0.05, 0) is 6.42 Å². The highest BCUT2D eigenvalue weighted by atomic mass is 16.3. The van der Waals surface area contributed by atoms with Crippen molar-refractivity contribution < 1.29 is 14.7 Å². The molecule has 0 aromatic heterocycles. The summed E-state index contributed by atoms with van der Waals surface area (Å²) in [6, 6.07) is 0. The average Bonchev–Trinajstić information content (AvgIpc) is 2.13. The molecule has 0 aliphatic heterocycles. The van der Waals surface area contributed by atoms with Gasteiger partial charge in [0.05, 0.1) is 6.54 Å². The van der Waals surface area contributed by atoms with E-state index in [-0.39, 0.29) is 31.4 Å². The van der Waals surface area contributed by atoms with E-state index >= 15 is 0 Å². The lowest BCUT2D eigenvalue weighted by Crippen LogP contribution is -2.36. The third-order valence-electron chi connectivity index (χ3n) is 1.63. The molecular formula is C8H16N2O3. The van der Waals surface area contributed by atoms with E-state index < -0.39 is 0 Å². The molecule has 0 radical (unpaired) electrons. The average molecular weight is 188 g/mol. The Labute approximate surface area is 77.7 Å². The normalized spacial score (nSPS) is 9.46. The van der Waals surface area contributed by atoms with Gasteiger partial charge in [-0.3, -0.25) is 9.59 Å². The molecule has 0 spiro atoms. The number of amides is 2. The molecule has 0 saturated carbocycles. The van der Waals surface area contributed by atoms with Crippen LogP contribution < -0.4 is 5.32 Å². The number of carbonyl (C=O) groups excluding carboxylic acids is 2. The summed E-state index contributed by atoms with van der Waals surface area (Å²) in [5.74, 6) is -0.322. The number of likely N-dealkylation sites (N-methyl/N-ethyl adjacent to an activating group) is 2. The molecule has 5 nitrogen and oxygen atoms in total. The monoisotopic (exact) mass is 188 g/mol. The summed E-state index contributed by atoms with van der Waals surface area (Å²) in [7, 11) is 3.09. The van der Waals surface area contributed by atoms with Crippen LogP contribution >= 0.6 is 0 Å². The first kappa shape index (κ1) is 11.9. The van der Waals surface area contributed by atoms with Crippen molar-refractivity contribution in [3.63, 3.8) is 0 Å².